The number of hydrogen-bond acceptors (Lipinski definition) is 2. The Balaban J connectivity index is 0.00000264. The highest BCUT2D eigenvalue weighted by Crippen LogP contribution is 2.40. The van der Waals surface area contributed by atoms with Crippen molar-refractivity contribution >= 4 is 29.9 Å². The number of rotatable bonds is 6. The number of guanidine groups is 1. The van der Waals surface area contributed by atoms with Crippen molar-refractivity contribution in [2.24, 2.45) is 10.4 Å². The van der Waals surface area contributed by atoms with Crippen LogP contribution in [0.4, 0.5) is 4.39 Å². The molecule has 0 unspecified atom stereocenters. The molecule has 0 radical (unpaired) electrons. The second-order valence-corrected chi connectivity index (χ2v) is 6.04. The molecule has 4 nitrogen and oxygen atoms in total. The maximum Gasteiger partial charge on any atom is 0.191 e. The quantitative estimate of drug-likeness (QED) is 0.406. The first-order valence-electron chi connectivity index (χ1n) is 8.31. The van der Waals surface area contributed by atoms with Gasteiger partial charge >= 0.3 is 0 Å². The SMILES string of the molecule is CCNC(=NCc1ncccc1F)NCC1(CC)CCCC1.I. The van der Waals surface area contributed by atoms with Crippen LogP contribution in [0.2, 0.25) is 0 Å². The van der Waals surface area contributed by atoms with Crippen molar-refractivity contribution in [3.05, 3.63) is 29.8 Å². The first kappa shape index (κ1) is 20.1. The Morgan fingerprint density at radius 2 is 2.04 bits per heavy atom. The zero-order valence-corrected chi connectivity index (χ0v) is 16.4. The molecule has 0 atom stereocenters. The fraction of sp³-hybridized carbons (Fsp3) is 0.647. The van der Waals surface area contributed by atoms with Gasteiger partial charge in [0.2, 0.25) is 0 Å². The minimum Gasteiger partial charge on any atom is -0.357 e. The first-order chi connectivity index (χ1) is 10.7. The maximum absolute atomic E-state index is 13.6. The summed E-state index contributed by atoms with van der Waals surface area (Å²) in [6, 6.07) is 3.01. The van der Waals surface area contributed by atoms with Gasteiger partial charge in [-0.1, -0.05) is 19.8 Å². The average Bonchev–Trinajstić information content (AvgIpc) is 3.01. The van der Waals surface area contributed by atoms with Crippen LogP contribution in [0.3, 0.4) is 0 Å². The van der Waals surface area contributed by atoms with Crippen molar-refractivity contribution < 1.29 is 4.39 Å². The highest BCUT2D eigenvalue weighted by molar-refractivity contribution is 14.0. The Hall–Kier alpha value is -0.920. The van der Waals surface area contributed by atoms with Crippen molar-refractivity contribution in [2.45, 2.75) is 52.5 Å². The molecule has 0 spiro atoms. The molecule has 0 amide bonds. The first-order valence-corrected chi connectivity index (χ1v) is 8.31. The third-order valence-corrected chi connectivity index (χ3v) is 4.61. The van der Waals surface area contributed by atoms with Gasteiger partial charge in [-0.2, -0.15) is 0 Å². The number of halogens is 2. The summed E-state index contributed by atoms with van der Waals surface area (Å²) in [5.41, 5.74) is 0.776. The average molecular weight is 434 g/mol. The van der Waals surface area contributed by atoms with E-state index in [9.17, 15) is 4.39 Å². The summed E-state index contributed by atoms with van der Waals surface area (Å²) in [5, 5.41) is 6.66. The molecule has 0 aliphatic heterocycles. The fourth-order valence-electron chi connectivity index (χ4n) is 3.08. The van der Waals surface area contributed by atoms with E-state index in [1.165, 1.54) is 38.2 Å². The van der Waals surface area contributed by atoms with E-state index in [4.69, 9.17) is 0 Å². The standard InChI is InChI=1S/C17H27FN4.HI/c1-3-17(9-5-6-10-17)13-22-16(19-4-2)21-12-15-14(18)8-7-11-20-15;/h7-8,11H,3-6,9-10,12-13H2,1-2H3,(H2,19,21,22);1H. The molecule has 0 bridgehead atoms. The van der Waals surface area contributed by atoms with Gasteiger partial charge in [0.05, 0.1) is 12.2 Å². The number of nitrogens with one attached hydrogen (secondary N) is 2. The zero-order chi connectivity index (χ0) is 15.8. The van der Waals surface area contributed by atoms with E-state index in [-0.39, 0.29) is 36.3 Å². The van der Waals surface area contributed by atoms with Crippen LogP contribution in [0, 0.1) is 11.2 Å². The summed E-state index contributed by atoms with van der Waals surface area (Å²) in [6.45, 7) is 6.26. The molecule has 130 valence electrons. The Labute approximate surface area is 155 Å². The Bertz CT molecular complexity index is 501. The molecular formula is C17H28FIN4. The normalized spacial score (nSPS) is 16.7. The van der Waals surface area contributed by atoms with Crippen LogP contribution in [-0.4, -0.2) is 24.0 Å². The molecule has 1 aromatic heterocycles. The molecule has 2 rings (SSSR count). The van der Waals surface area contributed by atoms with Crippen LogP contribution < -0.4 is 10.6 Å². The molecule has 1 heterocycles. The Morgan fingerprint density at radius 3 is 2.65 bits per heavy atom. The summed E-state index contributed by atoms with van der Waals surface area (Å²) in [5.74, 6) is 0.440. The third-order valence-electron chi connectivity index (χ3n) is 4.61. The number of aromatic nitrogens is 1. The molecule has 1 fully saturated rings. The van der Waals surface area contributed by atoms with Gasteiger partial charge in [0.1, 0.15) is 5.82 Å². The van der Waals surface area contributed by atoms with E-state index in [0.717, 1.165) is 19.0 Å². The van der Waals surface area contributed by atoms with Crippen molar-refractivity contribution in [1.82, 2.24) is 15.6 Å². The molecule has 2 N–H and O–H groups in total. The molecule has 1 saturated carbocycles. The van der Waals surface area contributed by atoms with Crippen molar-refractivity contribution in [2.75, 3.05) is 13.1 Å². The number of pyridine rings is 1. The lowest BCUT2D eigenvalue weighted by Crippen LogP contribution is -2.42. The van der Waals surface area contributed by atoms with Gasteiger partial charge in [-0.3, -0.25) is 4.98 Å². The zero-order valence-electron chi connectivity index (χ0n) is 14.1. The second-order valence-electron chi connectivity index (χ2n) is 6.04. The highest BCUT2D eigenvalue weighted by Gasteiger charge is 2.31. The fourth-order valence-corrected chi connectivity index (χ4v) is 3.08. The van der Waals surface area contributed by atoms with Gasteiger partial charge in [-0.05, 0) is 43.7 Å². The van der Waals surface area contributed by atoms with Crippen LogP contribution in [0.5, 0.6) is 0 Å². The molecule has 1 aliphatic carbocycles. The van der Waals surface area contributed by atoms with Gasteiger partial charge < -0.3 is 10.6 Å². The Morgan fingerprint density at radius 1 is 1.30 bits per heavy atom. The van der Waals surface area contributed by atoms with Crippen LogP contribution in [0.15, 0.2) is 23.3 Å². The van der Waals surface area contributed by atoms with Gasteiger partial charge in [-0.15, -0.1) is 24.0 Å². The van der Waals surface area contributed by atoms with Crippen molar-refractivity contribution in [3.63, 3.8) is 0 Å². The minimum absolute atomic E-state index is 0. The predicted octanol–water partition coefficient (Wildman–Crippen LogP) is 3.86. The molecule has 6 heteroatoms. The number of nitrogens with zero attached hydrogens (tertiary/aromatic N) is 2. The maximum atomic E-state index is 13.6. The minimum atomic E-state index is -0.303. The van der Waals surface area contributed by atoms with E-state index < -0.39 is 0 Å². The summed E-state index contributed by atoms with van der Waals surface area (Å²) >= 11 is 0. The van der Waals surface area contributed by atoms with E-state index in [2.05, 4.69) is 27.5 Å². The second kappa shape index (κ2) is 10.1. The van der Waals surface area contributed by atoms with Gasteiger partial charge in [0.25, 0.3) is 0 Å². The van der Waals surface area contributed by atoms with E-state index in [1.807, 2.05) is 6.92 Å². The molecular weight excluding hydrogens is 406 g/mol. The van der Waals surface area contributed by atoms with E-state index in [1.54, 1.807) is 12.3 Å². The van der Waals surface area contributed by atoms with E-state index in [0.29, 0.717) is 11.1 Å². The number of hydrogen-bond donors (Lipinski definition) is 2. The molecule has 1 aromatic rings. The summed E-state index contributed by atoms with van der Waals surface area (Å²) < 4.78 is 13.6. The third kappa shape index (κ3) is 5.90. The van der Waals surface area contributed by atoms with Crippen LogP contribution in [0.25, 0.3) is 0 Å². The summed E-state index contributed by atoms with van der Waals surface area (Å²) in [4.78, 5) is 8.50. The summed E-state index contributed by atoms with van der Waals surface area (Å²) in [6.07, 6.45) is 7.99. The summed E-state index contributed by atoms with van der Waals surface area (Å²) in [7, 11) is 0. The lowest BCUT2D eigenvalue weighted by atomic mass is 9.83. The lowest BCUT2D eigenvalue weighted by Gasteiger charge is -2.28. The van der Waals surface area contributed by atoms with Crippen molar-refractivity contribution in [1.29, 1.82) is 0 Å². The van der Waals surface area contributed by atoms with E-state index >= 15 is 0 Å². The lowest BCUT2D eigenvalue weighted by molar-refractivity contribution is 0.283. The van der Waals surface area contributed by atoms with Crippen LogP contribution >= 0.6 is 24.0 Å². The largest absolute Gasteiger partial charge is 0.357 e. The monoisotopic (exact) mass is 434 g/mol. The van der Waals surface area contributed by atoms with Crippen LogP contribution in [0.1, 0.15) is 51.6 Å². The number of aliphatic imine (C=N–C) groups is 1. The van der Waals surface area contributed by atoms with Gasteiger partial charge in [-0.25, -0.2) is 9.38 Å². The molecule has 1 aliphatic rings. The van der Waals surface area contributed by atoms with Crippen molar-refractivity contribution in [3.8, 4) is 0 Å². The van der Waals surface area contributed by atoms with Gasteiger partial charge in [0.15, 0.2) is 5.96 Å². The van der Waals surface area contributed by atoms with Crippen LogP contribution in [-0.2, 0) is 6.54 Å². The molecule has 0 saturated heterocycles. The Kier molecular flexibility index (Phi) is 8.79. The predicted molar refractivity (Wildman–Crippen MR) is 104 cm³/mol. The van der Waals surface area contributed by atoms with Gasteiger partial charge in [0, 0.05) is 19.3 Å². The molecule has 0 aromatic carbocycles. The highest BCUT2D eigenvalue weighted by atomic mass is 127. The smallest absolute Gasteiger partial charge is 0.191 e. The topological polar surface area (TPSA) is 49.3 Å². The molecule has 23 heavy (non-hydrogen) atoms.